The Morgan fingerprint density at radius 3 is 2.48 bits per heavy atom. The Morgan fingerprint density at radius 2 is 1.88 bits per heavy atom. The van der Waals surface area contributed by atoms with Gasteiger partial charge in [-0.2, -0.15) is 13.2 Å². The lowest BCUT2D eigenvalue weighted by molar-refractivity contribution is -0.0437. The van der Waals surface area contributed by atoms with Crippen molar-refractivity contribution in [3.8, 4) is 0 Å². The van der Waals surface area contributed by atoms with Gasteiger partial charge in [-0.3, -0.25) is 4.79 Å². The van der Waals surface area contributed by atoms with Crippen LogP contribution in [0.4, 0.5) is 23.4 Å². The van der Waals surface area contributed by atoms with Gasteiger partial charge in [0.2, 0.25) is 0 Å². The van der Waals surface area contributed by atoms with Crippen LogP contribution in [0.1, 0.15) is 44.1 Å². The number of rotatable bonds is 5. The standard InChI is InChI=1S/C21H20F4N4O3S/c1-11(13-5-4-6-16(18(13)22)33(31,32)21(23,24)25)26-19-14-10-29(20(3)7-8-20)17(30)9-15(14)27-12(2)28-19/h4-6,9-11H,7-8H2,1-3H3,(H,26,27,28)/t11-/m1/s1. The number of sulfone groups is 1. The first-order valence-corrected chi connectivity index (χ1v) is 11.5. The molecule has 0 amide bonds. The minimum absolute atomic E-state index is 0.226. The molecule has 7 nitrogen and oxygen atoms in total. The first-order chi connectivity index (χ1) is 15.2. The van der Waals surface area contributed by atoms with Gasteiger partial charge in [-0.1, -0.05) is 12.1 Å². The van der Waals surface area contributed by atoms with E-state index in [-0.39, 0.29) is 22.5 Å². The quantitative estimate of drug-likeness (QED) is 0.545. The van der Waals surface area contributed by atoms with Crippen LogP contribution in [0.25, 0.3) is 10.9 Å². The molecule has 1 fully saturated rings. The normalized spacial score (nSPS) is 16.6. The first kappa shape index (κ1) is 23.1. The van der Waals surface area contributed by atoms with E-state index < -0.39 is 32.1 Å². The molecule has 176 valence electrons. The fourth-order valence-corrected chi connectivity index (χ4v) is 4.51. The van der Waals surface area contributed by atoms with Gasteiger partial charge < -0.3 is 9.88 Å². The van der Waals surface area contributed by atoms with E-state index >= 15 is 0 Å². The molecule has 33 heavy (non-hydrogen) atoms. The van der Waals surface area contributed by atoms with Gasteiger partial charge in [0.05, 0.1) is 16.9 Å². The van der Waals surface area contributed by atoms with E-state index in [4.69, 9.17) is 0 Å². The number of hydrogen-bond donors (Lipinski definition) is 1. The van der Waals surface area contributed by atoms with Crippen LogP contribution in [-0.2, 0) is 15.4 Å². The molecule has 1 aliphatic carbocycles. The summed E-state index contributed by atoms with van der Waals surface area (Å²) in [6.45, 7) is 5.00. The van der Waals surface area contributed by atoms with Crippen LogP contribution < -0.4 is 10.9 Å². The Hall–Kier alpha value is -3.02. The number of fused-ring (bicyclic) bond motifs is 1. The van der Waals surface area contributed by atoms with Crippen molar-refractivity contribution in [2.24, 2.45) is 0 Å². The van der Waals surface area contributed by atoms with E-state index in [9.17, 15) is 30.8 Å². The third-order valence-corrected chi connectivity index (χ3v) is 7.31. The van der Waals surface area contributed by atoms with Gasteiger partial charge in [-0.15, -0.1) is 0 Å². The molecule has 2 heterocycles. The summed E-state index contributed by atoms with van der Waals surface area (Å²) in [7, 11) is -5.86. The molecule has 3 aromatic rings. The monoisotopic (exact) mass is 484 g/mol. The van der Waals surface area contributed by atoms with Crippen LogP contribution in [0.3, 0.4) is 0 Å². The minimum atomic E-state index is -5.86. The van der Waals surface area contributed by atoms with Gasteiger partial charge in [0.15, 0.2) is 0 Å². The highest BCUT2D eigenvalue weighted by molar-refractivity contribution is 7.92. The highest BCUT2D eigenvalue weighted by atomic mass is 32.2. The second-order valence-electron chi connectivity index (χ2n) is 8.37. The molecule has 12 heteroatoms. The summed E-state index contributed by atoms with van der Waals surface area (Å²) in [6.07, 6.45) is 3.27. The second kappa shape index (κ2) is 7.51. The van der Waals surface area contributed by atoms with Crippen LogP contribution in [0.5, 0.6) is 0 Å². The molecule has 0 spiro atoms. The molecule has 1 atom stereocenters. The van der Waals surface area contributed by atoms with Crippen LogP contribution in [0.15, 0.2) is 40.2 Å². The molecule has 0 bridgehead atoms. The Balaban J connectivity index is 1.78. The average molecular weight is 484 g/mol. The largest absolute Gasteiger partial charge is 0.502 e. The van der Waals surface area contributed by atoms with Gasteiger partial charge in [0, 0.05) is 23.4 Å². The van der Waals surface area contributed by atoms with Crippen LogP contribution in [0, 0.1) is 12.7 Å². The zero-order valence-electron chi connectivity index (χ0n) is 17.9. The predicted molar refractivity (Wildman–Crippen MR) is 113 cm³/mol. The van der Waals surface area contributed by atoms with Crippen molar-refractivity contribution in [3.05, 3.63) is 58.0 Å². The lowest BCUT2D eigenvalue weighted by Crippen LogP contribution is -2.27. The number of halogens is 4. The maximum absolute atomic E-state index is 14.9. The summed E-state index contributed by atoms with van der Waals surface area (Å²) in [6, 6.07) is 3.24. The van der Waals surface area contributed by atoms with E-state index in [2.05, 4.69) is 15.3 Å². The Kier molecular flexibility index (Phi) is 5.26. The molecule has 0 aliphatic heterocycles. The maximum atomic E-state index is 14.9. The minimum Gasteiger partial charge on any atom is -0.363 e. The van der Waals surface area contributed by atoms with E-state index in [0.29, 0.717) is 22.8 Å². The molecule has 4 rings (SSSR count). The molecule has 1 aromatic carbocycles. The summed E-state index contributed by atoms with van der Waals surface area (Å²) >= 11 is 0. The first-order valence-electron chi connectivity index (χ1n) is 10.0. The van der Waals surface area contributed by atoms with Gasteiger partial charge in [-0.25, -0.2) is 22.8 Å². The Bertz CT molecular complexity index is 1430. The molecular formula is C21H20F4N4O3S. The summed E-state index contributed by atoms with van der Waals surface area (Å²) in [5.74, 6) is -0.931. The molecule has 1 aliphatic rings. The fourth-order valence-electron chi connectivity index (χ4n) is 3.65. The molecule has 1 N–H and O–H groups in total. The number of pyridine rings is 1. The number of aryl methyl sites for hydroxylation is 1. The van der Waals surface area contributed by atoms with Crippen molar-refractivity contribution >= 4 is 26.6 Å². The molecule has 0 unspecified atom stereocenters. The van der Waals surface area contributed by atoms with E-state index in [0.717, 1.165) is 18.9 Å². The van der Waals surface area contributed by atoms with Gasteiger partial charge >= 0.3 is 5.51 Å². The summed E-state index contributed by atoms with van der Waals surface area (Å²) < 4.78 is 78.9. The number of nitrogens with one attached hydrogen (secondary N) is 1. The number of benzene rings is 1. The lowest BCUT2D eigenvalue weighted by atomic mass is 10.1. The van der Waals surface area contributed by atoms with Gasteiger partial charge in [0.1, 0.15) is 22.4 Å². The molecule has 1 saturated carbocycles. The van der Waals surface area contributed by atoms with Crippen molar-refractivity contribution < 1.29 is 26.0 Å². The highest BCUT2D eigenvalue weighted by Crippen LogP contribution is 2.42. The molecular weight excluding hydrogens is 464 g/mol. The van der Waals surface area contributed by atoms with E-state index in [1.807, 2.05) is 6.92 Å². The SMILES string of the molecule is Cc1nc(N[C@H](C)c2cccc(S(=O)(=O)C(F)(F)F)c2F)c2cn(C3(C)CC3)c(=O)cc2n1. The maximum Gasteiger partial charge on any atom is 0.502 e. The topological polar surface area (TPSA) is 94.0 Å². The molecule has 0 saturated heterocycles. The second-order valence-corrected chi connectivity index (χ2v) is 10.3. The van der Waals surface area contributed by atoms with Crippen molar-refractivity contribution in [2.75, 3.05) is 5.32 Å². The number of anilines is 1. The fraction of sp³-hybridized carbons (Fsp3) is 0.381. The third-order valence-electron chi connectivity index (χ3n) is 5.81. The third kappa shape index (κ3) is 3.96. The Morgan fingerprint density at radius 1 is 1.21 bits per heavy atom. The van der Waals surface area contributed by atoms with Gasteiger partial charge in [0.25, 0.3) is 15.4 Å². The Labute approximate surface area is 186 Å². The lowest BCUT2D eigenvalue weighted by Gasteiger charge is -2.20. The number of nitrogens with zero attached hydrogens (tertiary/aromatic N) is 3. The number of aromatic nitrogens is 3. The van der Waals surface area contributed by atoms with E-state index in [1.54, 1.807) is 17.7 Å². The van der Waals surface area contributed by atoms with Crippen molar-refractivity contribution in [1.29, 1.82) is 0 Å². The zero-order valence-corrected chi connectivity index (χ0v) is 18.7. The zero-order chi connectivity index (χ0) is 24.3. The summed E-state index contributed by atoms with van der Waals surface area (Å²) in [5, 5.41) is 3.41. The van der Waals surface area contributed by atoms with Gasteiger partial charge in [-0.05, 0) is 39.7 Å². The average Bonchev–Trinajstić information content (AvgIpc) is 3.44. The number of hydrogen-bond acceptors (Lipinski definition) is 6. The van der Waals surface area contributed by atoms with Crippen LogP contribution >= 0.6 is 0 Å². The van der Waals surface area contributed by atoms with Crippen LogP contribution in [-0.4, -0.2) is 28.5 Å². The van der Waals surface area contributed by atoms with Crippen LogP contribution in [0.2, 0.25) is 0 Å². The number of alkyl halides is 3. The predicted octanol–water partition coefficient (Wildman–Crippen LogP) is 4.21. The highest BCUT2D eigenvalue weighted by Gasteiger charge is 2.48. The molecule has 2 aromatic heterocycles. The molecule has 0 radical (unpaired) electrons. The summed E-state index contributed by atoms with van der Waals surface area (Å²) in [5.41, 5.74) is -6.10. The van der Waals surface area contributed by atoms with Crippen molar-refractivity contribution in [1.82, 2.24) is 14.5 Å². The van der Waals surface area contributed by atoms with Crippen molar-refractivity contribution in [2.45, 2.75) is 55.6 Å². The van der Waals surface area contributed by atoms with E-state index in [1.165, 1.54) is 19.1 Å². The summed E-state index contributed by atoms with van der Waals surface area (Å²) in [4.78, 5) is 19.7. The smallest absolute Gasteiger partial charge is 0.363 e. The van der Waals surface area contributed by atoms with Crippen molar-refractivity contribution in [3.63, 3.8) is 0 Å².